The number of fused-ring (bicyclic) bond motifs is 1. The minimum atomic E-state index is 0.477. The lowest BCUT2D eigenvalue weighted by Gasteiger charge is -2.03. The molecule has 0 saturated heterocycles. The summed E-state index contributed by atoms with van der Waals surface area (Å²) in [5.41, 5.74) is 3.27. The van der Waals surface area contributed by atoms with Crippen molar-refractivity contribution in [3.8, 4) is 0 Å². The van der Waals surface area contributed by atoms with Gasteiger partial charge in [-0.3, -0.25) is 0 Å². The molecule has 1 aliphatic rings. The highest BCUT2D eigenvalue weighted by Crippen LogP contribution is 2.38. The number of aryl methyl sites for hydroxylation is 1. The second-order valence-electron chi connectivity index (χ2n) is 4.45. The van der Waals surface area contributed by atoms with Crippen molar-refractivity contribution in [2.24, 2.45) is 0 Å². The summed E-state index contributed by atoms with van der Waals surface area (Å²) in [6.45, 7) is 2.05. The van der Waals surface area contributed by atoms with Crippen molar-refractivity contribution in [1.29, 1.82) is 0 Å². The summed E-state index contributed by atoms with van der Waals surface area (Å²) in [6, 6.07) is 6.79. The third kappa shape index (κ3) is 1.43. The zero-order chi connectivity index (χ0) is 11.1. The monoisotopic (exact) mass is 214 g/mol. The van der Waals surface area contributed by atoms with Crippen LogP contribution in [0.2, 0.25) is 0 Å². The molecule has 0 radical (unpaired) electrons. The van der Waals surface area contributed by atoms with Gasteiger partial charge in [-0.25, -0.2) is 4.98 Å². The van der Waals surface area contributed by atoms with Crippen LogP contribution < -0.4 is 0 Å². The van der Waals surface area contributed by atoms with E-state index in [1.807, 2.05) is 12.1 Å². The molecule has 0 atom stereocenters. The molecule has 3 rings (SSSR count). The minimum absolute atomic E-state index is 0.477. The summed E-state index contributed by atoms with van der Waals surface area (Å²) in [5.74, 6) is 1.08. The molecule has 3 heteroatoms. The number of hydrogen-bond donors (Lipinski definition) is 0. The molecule has 1 aromatic carbocycles. The fourth-order valence-corrected chi connectivity index (χ4v) is 2.28. The average Bonchev–Trinajstić information content (AvgIpc) is 3.02. The molecule has 1 saturated carbocycles. The molecule has 0 N–H and O–H groups in total. The van der Waals surface area contributed by atoms with Gasteiger partial charge in [0, 0.05) is 12.5 Å². The van der Waals surface area contributed by atoms with Crippen LogP contribution in [0, 0.1) is 6.92 Å². The molecule has 0 amide bonds. The molecule has 82 valence electrons. The standard InChI is InChI=1S/C13H14N2O/c1-9-14-12-8-10(6-7-16)2-5-13(12)15(9)11-3-4-11/h2,5,7-8,11H,3-4,6H2,1H3. The Bertz CT molecular complexity index is 552. The number of nitrogens with zero attached hydrogens (tertiary/aromatic N) is 2. The van der Waals surface area contributed by atoms with Gasteiger partial charge < -0.3 is 9.36 Å². The Balaban J connectivity index is 2.15. The first-order valence-corrected chi connectivity index (χ1v) is 5.70. The second kappa shape index (κ2) is 3.44. The number of hydrogen-bond acceptors (Lipinski definition) is 2. The number of imidazole rings is 1. The maximum absolute atomic E-state index is 10.5. The molecule has 0 spiro atoms. The van der Waals surface area contributed by atoms with Crippen molar-refractivity contribution >= 4 is 17.3 Å². The van der Waals surface area contributed by atoms with Gasteiger partial charge in [-0.1, -0.05) is 6.07 Å². The molecular weight excluding hydrogens is 200 g/mol. The van der Waals surface area contributed by atoms with Gasteiger partial charge in [0.2, 0.25) is 0 Å². The fourth-order valence-electron chi connectivity index (χ4n) is 2.28. The summed E-state index contributed by atoms with van der Waals surface area (Å²) < 4.78 is 2.32. The number of carbonyl (C=O) groups is 1. The lowest BCUT2D eigenvalue weighted by Crippen LogP contribution is -1.96. The van der Waals surface area contributed by atoms with Crippen LogP contribution in [0.1, 0.15) is 30.3 Å². The number of aromatic nitrogens is 2. The zero-order valence-corrected chi connectivity index (χ0v) is 9.31. The summed E-state index contributed by atoms with van der Waals surface area (Å²) in [7, 11) is 0. The van der Waals surface area contributed by atoms with E-state index in [4.69, 9.17) is 0 Å². The Morgan fingerprint density at radius 2 is 2.31 bits per heavy atom. The highest BCUT2D eigenvalue weighted by Gasteiger charge is 2.26. The molecule has 1 aliphatic carbocycles. The van der Waals surface area contributed by atoms with Crippen molar-refractivity contribution in [1.82, 2.24) is 9.55 Å². The Morgan fingerprint density at radius 3 is 3.00 bits per heavy atom. The Morgan fingerprint density at radius 1 is 1.50 bits per heavy atom. The largest absolute Gasteiger partial charge is 0.325 e. The molecule has 1 fully saturated rings. The molecule has 1 aromatic heterocycles. The highest BCUT2D eigenvalue weighted by atomic mass is 16.1. The van der Waals surface area contributed by atoms with Crippen molar-refractivity contribution < 1.29 is 4.79 Å². The molecule has 3 nitrogen and oxygen atoms in total. The van der Waals surface area contributed by atoms with E-state index < -0.39 is 0 Å². The van der Waals surface area contributed by atoms with Gasteiger partial charge >= 0.3 is 0 Å². The first-order chi connectivity index (χ1) is 7.79. The van der Waals surface area contributed by atoms with Crippen LogP contribution in [0.15, 0.2) is 18.2 Å². The lowest BCUT2D eigenvalue weighted by atomic mass is 10.1. The first-order valence-electron chi connectivity index (χ1n) is 5.70. The molecule has 2 aromatic rings. The van der Waals surface area contributed by atoms with E-state index in [-0.39, 0.29) is 0 Å². The quantitative estimate of drug-likeness (QED) is 0.735. The van der Waals surface area contributed by atoms with E-state index in [1.165, 1.54) is 18.4 Å². The van der Waals surface area contributed by atoms with Gasteiger partial charge in [0.25, 0.3) is 0 Å². The molecular formula is C13H14N2O. The van der Waals surface area contributed by atoms with Gasteiger partial charge in [0.1, 0.15) is 12.1 Å². The smallest absolute Gasteiger partial charge is 0.124 e. The normalized spacial score (nSPS) is 15.6. The lowest BCUT2D eigenvalue weighted by molar-refractivity contribution is -0.107. The average molecular weight is 214 g/mol. The fraction of sp³-hybridized carbons (Fsp3) is 0.385. The van der Waals surface area contributed by atoms with Crippen molar-refractivity contribution in [3.05, 3.63) is 29.6 Å². The Kier molecular flexibility index (Phi) is 2.06. The van der Waals surface area contributed by atoms with Crippen LogP contribution in [-0.2, 0) is 11.2 Å². The van der Waals surface area contributed by atoms with E-state index in [2.05, 4.69) is 22.5 Å². The molecule has 0 bridgehead atoms. The molecule has 16 heavy (non-hydrogen) atoms. The van der Waals surface area contributed by atoms with Gasteiger partial charge in [0.05, 0.1) is 11.0 Å². The summed E-state index contributed by atoms with van der Waals surface area (Å²) in [4.78, 5) is 15.0. The van der Waals surface area contributed by atoms with E-state index in [1.54, 1.807) is 0 Å². The predicted molar refractivity (Wildman–Crippen MR) is 62.5 cm³/mol. The highest BCUT2D eigenvalue weighted by molar-refractivity contribution is 5.78. The summed E-state index contributed by atoms with van der Waals surface area (Å²) in [6.07, 6.45) is 3.95. The molecule has 1 heterocycles. The van der Waals surface area contributed by atoms with Crippen molar-refractivity contribution in [2.45, 2.75) is 32.2 Å². The number of carbonyl (C=O) groups excluding carboxylic acids is 1. The minimum Gasteiger partial charge on any atom is -0.325 e. The molecule has 0 unspecified atom stereocenters. The van der Waals surface area contributed by atoms with Gasteiger partial charge in [0.15, 0.2) is 0 Å². The van der Waals surface area contributed by atoms with Gasteiger partial charge in [-0.2, -0.15) is 0 Å². The second-order valence-corrected chi connectivity index (χ2v) is 4.45. The van der Waals surface area contributed by atoms with E-state index in [0.29, 0.717) is 12.5 Å². The third-order valence-corrected chi connectivity index (χ3v) is 3.16. The first kappa shape index (κ1) is 9.58. The molecule has 0 aliphatic heterocycles. The van der Waals surface area contributed by atoms with Crippen LogP contribution in [0.4, 0.5) is 0 Å². The third-order valence-electron chi connectivity index (χ3n) is 3.16. The number of aldehydes is 1. The van der Waals surface area contributed by atoms with Crippen LogP contribution in [-0.4, -0.2) is 15.8 Å². The number of benzene rings is 1. The summed E-state index contributed by atoms with van der Waals surface area (Å²) in [5, 5.41) is 0. The number of rotatable bonds is 3. The van der Waals surface area contributed by atoms with Gasteiger partial charge in [-0.05, 0) is 37.5 Å². The van der Waals surface area contributed by atoms with Crippen LogP contribution in [0.5, 0.6) is 0 Å². The van der Waals surface area contributed by atoms with E-state index >= 15 is 0 Å². The predicted octanol–water partition coefficient (Wildman–Crippen LogP) is 2.42. The topological polar surface area (TPSA) is 34.9 Å². The van der Waals surface area contributed by atoms with E-state index in [9.17, 15) is 4.79 Å². The van der Waals surface area contributed by atoms with E-state index in [0.717, 1.165) is 23.2 Å². The van der Waals surface area contributed by atoms with Crippen molar-refractivity contribution in [3.63, 3.8) is 0 Å². The van der Waals surface area contributed by atoms with Crippen LogP contribution in [0.25, 0.3) is 11.0 Å². The van der Waals surface area contributed by atoms with Crippen molar-refractivity contribution in [2.75, 3.05) is 0 Å². The Hall–Kier alpha value is -1.64. The summed E-state index contributed by atoms with van der Waals surface area (Å²) >= 11 is 0. The van der Waals surface area contributed by atoms with Crippen LogP contribution >= 0.6 is 0 Å². The SMILES string of the molecule is Cc1nc2cc(CC=O)ccc2n1C1CC1. The zero-order valence-electron chi connectivity index (χ0n) is 9.31. The Labute approximate surface area is 94.1 Å². The van der Waals surface area contributed by atoms with Crippen LogP contribution in [0.3, 0.4) is 0 Å². The maximum Gasteiger partial charge on any atom is 0.124 e. The maximum atomic E-state index is 10.5. The van der Waals surface area contributed by atoms with Gasteiger partial charge in [-0.15, -0.1) is 0 Å².